The second-order valence-corrected chi connectivity index (χ2v) is 11.2. The summed E-state index contributed by atoms with van der Waals surface area (Å²) in [5, 5.41) is 36.9. The largest absolute Gasteiger partial charge is 0.493 e. The van der Waals surface area contributed by atoms with Gasteiger partial charge in [0.2, 0.25) is 5.95 Å². The van der Waals surface area contributed by atoms with E-state index in [9.17, 15) is 20.1 Å². The van der Waals surface area contributed by atoms with Gasteiger partial charge in [0, 0.05) is 18.7 Å². The van der Waals surface area contributed by atoms with E-state index in [4.69, 9.17) is 19.9 Å². The van der Waals surface area contributed by atoms with Gasteiger partial charge in [-0.15, -0.1) is 0 Å². The lowest BCUT2D eigenvalue weighted by atomic mass is 10.0. The third kappa shape index (κ3) is 7.31. The fourth-order valence-corrected chi connectivity index (χ4v) is 5.44. The third-order valence-corrected chi connectivity index (χ3v) is 7.92. The van der Waals surface area contributed by atoms with E-state index in [0.717, 1.165) is 22.3 Å². The van der Waals surface area contributed by atoms with Gasteiger partial charge in [-0.2, -0.15) is 0 Å². The Kier molecular flexibility index (Phi) is 10.3. The molecule has 1 amide bonds. The second kappa shape index (κ2) is 15.1. The molecule has 0 unspecified atom stereocenters. The molecule has 48 heavy (non-hydrogen) atoms. The Morgan fingerprint density at radius 3 is 2.50 bits per heavy atom. The van der Waals surface area contributed by atoms with Crippen molar-refractivity contribution in [3.63, 3.8) is 0 Å². The molecular formula is C34H37N7O7. The summed E-state index contributed by atoms with van der Waals surface area (Å²) in [6, 6.07) is 25.2. The van der Waals surface area contributed by atoms with E-state index in [1.54, 1.807) is 0 Å². The number of carbonyl (C=O) groups is 1. The van der Waals surface area contributed by atoms with Gasteiger partial charge in [0.05, 0.1) is 13.2 Å². The molecule has 1 fully saturated rings. The Balaban J connectivity index is 1.15. The Bertz CT molecular complexity index is 1820. The van der Waals surface area contributed by atoms with E-state index in [-0.39, 0.29) is 24.9 Å². The van der Waals surface area contributed by atoms with Crippen molar-refractivity contribution in [3.8, 4) is 16.9 Å². The van der Waals surface area contributed by atoms with Crippen molar-refractivity contribution in [2.24, 2.45) is 0 Å². The van der Waals surface area contributed by atoms with Gasteiger partial charge in [0.15, 0.2) is 23.2 Å². The average Bonchev–Trinajstić information content (AvgIpc) is 3.63. The molecular weight excluding hydrogens is 618 g/mol. The molecule has 1 saturated heterocycles. The predicted molar refractivity (Wildman–Crippen MR) is 177 cm³/mol. The van der Waals surface area contributed by atoms with E-state index in [2.05, 4.69) is 25.6 Å². The summed E-state index contributed by atoms with van der Waals surface area (Å²) in [4.78, 5) is 25.0. The lowest BCUT2D eigenvalue weighted by Crippen LogP contribution is -2.33. The zero-order valence-electron chi connectivity index (χ0n) is 26.0. The van der Waals surface area contributed by atoms with Gasteiger partial charge in [-0.3, -0.25) is 4.57 Å². The molecule has 250 valence electrons. The number of carbonyl (C=O) groups excluding carboxylic acids is 1. The molecule has 0 radical (unpaired) electrons. The summed E-state index contributed by atoms with van der Waals surface area (Å²) >= 11 is 0. The van der Waals surface area contributed by atoms with E-state index < -0.39 is 37.2 Å². The normalized spacial score (nSPS) is 18.9. The molecule has 5 aromatic rings. The number of nitrogen functional groups attached to an aromatic ring is 1. The van der Waals surface area contributed by atoms with Crippen LogP contribution in [0.15, 0.2) is 85.2 Å². The lowest BCUT2D eigenvalue weighted by Gasteiger charge is -2.20. The molecule has 14 heteroatoms. The Morgan fingerprint density at radius 2 is 1.75 bits per heavy atom. The van der Waals surface area contributed by atoms with Gasteiger partial charge in [0.25, 0.3) is 0 Å². The summed E-state index contributed by atoms with van der Waals surface area (Å²) < 4.78 is 18.8. The van der Waals surface area contributed by atoms with Crippen LogP contribution in [0.1, 0.15) is 23.8 Å². The maximum atomic E-state index is 12.1. The number of ether oxygens (including phenoxy) is 3. The molecule has 3 aromatic carbocycles. The number of nitrogens with two attached hydrogens (primary N) is 1. The molecule has 0 saturated carbocycles. The van der Waals surface area contributed by atoms with Crippen molar-refractivity contribution in [1.29, 1.82) is 0 Å². The van der Waals surface area contributed by atoms with Gasteiger partial charge < -0.3 is 45.9 Å². The topological polar surface area (TPSA) is 199 Å². The minimum atomic E-state index is -1.36. The number of alkyl carbamates (subject to hydrolysis) is 1. The first-order valence-corrected chi connectivity index (χ1v) is 15.5. The minimum Gasteiger partial charge on any atom is -0.493 e. The van der Waals surface area contributed by atoms with Crippen molar-refractivity contribution in [1.82, 2.24) is 24.8 Å². The highest BCUT2D eigenvalue weighted by molar-refractivity contribution is 5.84. The van der Waals surface area contributed by atoms with Crippen LogP contribution in [0.5, 0.6) is 5.75 Å². The van der Waals surface area contributed by atoms with E-state index in [0.29, 0.717) is 36.5 Å². The van der Waals surface area contributed by atoms with Gasteiger partial charge in [0.1, 0.15) is 37.0 Å². The maximum Gasteiger partial charge on any atom is 0.407 e. The highest BCUT2D eigenvalue weighted by Gasteiger charge is 2.45. The zero-order valence-corrected chi connectivity index (χ0v) is 26.0. The number of nitrogens with one attached hydrogen (secondary N) is 2. The SMILES string of the molecule is Nc1ncnc2c1nc(NCc1ccc(-c3ccccc3)c(OCCCNC(=O)OCc3ccccc3)c1)n2[C@@H]1O[C@H](CO)[C@@H](O)[C@H]1O. The van der Waals surface area contributed by atoms with Gasteiger partial charge in [-0.25, -0.2) is 19.7 Å². The number of anilines is 2. The first-order chi connectivity index (χ1) is 23.4. The van der Waals surface area contributed by atoms with Gasteiger partial charge in [-0.05, 0) is 29.2 Å². The molecule has 1 aliphatic heterocycles. The standard InChI is InChI=1S/C34H37N7O7/c35-30-27-31(39-20-38-30)41(32-29(44)28(43)26(18-42)48-32)33(40-27)37-17-22-12-13-24(23-10-5-2-6-11-23)25(16-22)46-15-7-14-36-34(45)47-19-21-8-3-1-4-9-21/h1-6,8-13,16,20,26,28-29,32,42-44H,7,14-15,17-19H2,(H,36,45)(H,37,40)(H2,35,38,39)/t26-,28-,29-,32-/m1/s1. The number of hydrogen-bond donors (Lipinski definition) is 6. The molecule has 3 heterocycles. The number of hydrogen-bond acceptors (Lipinski definition) is 12. The van der Waals surface area contributed by atoms with Crippen molar-refractivity contribution in [3.05, 3.63) is 96.3 Å². The summed E-state index contributed by atoms with van der Waals surface area (Å²) in [6.07, 6.45) is -3.43. The maximum absolute atomic E-state index is 12.1. The van der Waals surface area contributed by atoms with Crippen LogP contribution in [0.4, 0.5) is 16.6 Å². The number of aliphatic hydroxyl groups excluding tert-OH is 3. The van der Waals surface area contributed by atoms with Crippen LogP contribution in [0, 0.1) is 0 Å². The summed E-state index contributed by atoms with van der Waals surface area (Å²) in [5.41, 5.74) is 10.3. The smallest absolute Gasteiger partial charge is 0.407 e. The molecule has 0 aliphatic carbocycles. The van der Waals surface area contributed by atoms with E-state index in [1.807, 2.05) is 78.9 Å². The molecule has 0 bridgehead atoms. The monoisotopic (exact) mass is 655 g/mol. The van der Waals surface area contributed by atoms with Crippen molar-refractivity contribution >= 4 is 29.0 Å². The highest BCUT2D eigenvalue weighted by Crippen LogP contribution is 2.36. The summed E-state index contributed by atoms with van der Waals surface area (Å²) in [6.45, 7) is 0.714. The van der Waals surface area contributed by atoms with Crippen molar-refractivity contribution in [2.75, 3.05) is 30.8 Å². The molecule has 14 nitrogen and oxygen atoms in total. The summed E-state index contributed by atoms with van der Waals surface area (Å²) in [5.74, 6) is 1.06. The average molecular weight is 656 g/mol. The quantitative estimate of drug-likeness (QED) is 0.102. The fourth-order valence-electron chi connectivity index (χ4n) is 5.44. The van der Waals surface area contributed by atoms with Crippen LogP contribution in [0.3, 0.4) is 0 Å². The predicted octanol–water partition coefficient (Wildman–Crippen LogP) is 2.99. The number of aliphatic hydroxyl groups is 3. The van der Waals surface area contributed by atoms with Crippen LogP contribution in [-0.4, -0.2) is 79.0 Å². The molecule has 0 spiro atoms. The molecule has 7 N–H and O–H groups in total. The van der Waals surface area contributed by atoms with Gasteiger partial charge in [-0.1, -0.05) is 72.8 Å². The molecule has 2 aromatic heterocycles. The number of rotatable bonds is 13. The van der Waals surface area contributed by atoms with Crippen LogP contribution in [0.25, 0.3) is 22.3 Å². The summed E-state index contributed by atoms with van der Waals surface area (Å²) in [7, 11) is 0. The fraction of sp³-hybridized carbons (Fsp3) is 0.294. The number of aromatic nitrogens is 4. The molecule has 1 aliphatic rings. The Morgan fingerprint density at radius 1 is 0.979 bits per heavy atom. The van der Waals surface area contributed by atoms with Gasteiger partial charge >= 0.3 is 6.09 Å². The van der Waals surface area contributed by atoms with E-state index in [1.165, 1.54) is 10.9 Å². The highest BCUT2D eigenvalue weighted by atomic mass is 16.6. The zero-order chi connectivity index (χ0) is 33.5. The van der Waals surface area contributed by atoms with Crippen molar-refractivity contribution < 1.29 is 34.3 Å². The van der Waals surface area contributed by atoms with E-state index >= 15 is 0 Å². The minimum absolute atomic E-state index is 0.135. The van der Waals surface area contributed by atoms with Crippen LogP contribution in [-0.2, 0) is 22.6 Å². The number of amides is 1. The molecule has 4 atom stereocenters. The Hall–Kier alpha value is -5.28. The van der Waals surface area contributed by atoms with Crippen LogP contribution < -0.4 is 21.1 Å². The number of nitrogens with zero attached hydrogens (tertiary/aromatic N) is 4. The second-order valence-electron chi connectivity index (χ2n) is 11.2. The first kappa shape index (κ1) is 32.7. The first-order valence-electron chi connectivity index (χ1n) is 15.5. The molecule has 6 rings (SSSR count). The Labute approximate surface area is 276 Å². The number of fused-ring (bicyclic) bond motifs is 1. The third-order valence-electron chi connectivity index (χ3n) is 7.92. The lowest BCUT2D eigenvalue weighted by molar-refractivity contribution is -0.0501. The number of imidazole rings is 1. The van der Waals surface area contributed by atoms with Crippen molar-refractivity contribution in [2.45, 2.75) is 44.1 Å². The van der Waals surface area contributed by atoms with Crippen LogP contribution in [0.2, 0.25) is 0 Å². The number of benzene rings is 3. The van der Waals surface area contributed by atoms with Crippen LogP contribution >= 0.6 is 0 Å².